The molecule has 0 atom stereocenters. The molecule has 45 heavy (non-hydrogen) atoms. The van der Waals surface area contributed by atoms with E-state index in [0.29, 0.717) is 32.0 Å². The Bertz CT molecular complexity index is 1880. The van der Waals surface area contributed by atoms with Crippen LogP contribution in [0.25, 0.3) is 17.3 Å². The molecule has 3 amide bonds. The minimum atomic E-state index is -0.557. The minimum absolute atomic E-state index is 0.0147. The molecule has 0 radical (unpaired) electrons. The number of hydrogen-bond acceptors (Lipinski definition) is 6. The summed E-state index contributed by atoms with van der Waals surface area (Å²) in [5.74, 6) is -1.07. The van der Waals surface area contributed by atoms with Crippen LogP contribution in [0, 0.1) is 6.92 Å². The largest absolute Gasteiger partial charge is 0.321 e. The van der Waals surface area contributed by atoms with E-state index in [1.165, 1.54) is 29.2 Å². The third-order valence-corrected chi connectivity index (χ3v) is 8.79. The quantitative estimate of drug-likeness (QED) is 0.102. The Morgan fingerprint density at radius 2 is 1.60 bits per heavy atom. The van der Waals surface area contributed by atoms with Crippen molar-refractivity contribution in [3.63, 3.8) is 0 Å². The van der Waals surface area contributed by atoms with Crippen molar-refractivity contribution in [1.29, 1.82) is 0 Å². The molecule has 1 heterocycles. The van der Waals surface area contributed by atoms with E-state index >= 15 is 0 Å². The van der Waals surface area contributed by atoms with Gasteiger partial charge in [-0.25, -0.2) is 4.98 Å². The van der Waals surface area contributed by atoms with Crippen LogP contribution in [0.4, 0.5) is 10.8 Å². The molecular formula is C34H26Cl2N4O3S2. The zero-order chi connectivity index (χ0) is 31.8. The topological polar surface area (TPSA) is 100 Å². The number of carbonyl (C=O) groups is 3. The SMILES string of the molecule is Cc1sc(NC(=O)CSc2cccc(NC(=O)/C(=C\c3ccc(Cl)cc3Cl)NC(=O)c3ccccc3)c2)nc1-c1ccccc1. The van der Waals surface area contributed by atoms with E-state index < -0.39 is 11.8 Å². The van der Waals surface area contributed by atoms with Gasteiger partial charge >= 0.3 is 0 Å². The number of nitrogens with zero attached hydrogens (tertiary/aromatic N) is 1. The molecule has 0 aliphatic carbocycles. The van der Waals surface area contributed by atoms with Crippen molar-refractivity contribution < 1.29 is 14.4 Å². The summed E-state index contributed by atoms with van der Waals surface area (Å²) in [6.07, 6.45) is 1.49. The fourth-order valence-corrected chi connectivity index (χ4v) is 6.27. The third-order valence-electron chi connectivity index (χ3n) is 6.34. The van der Waals surface area contributed by atoms with Crippen molar-refractivity contribution >= 4 is 80.9 Å². The highest BCUT2D eigenvalue weighted by Gasteiger charge is 2.17. The molecule has 0 bridgehead atoms. The Labute approximate surface area is 278 Å². The lowest BCUT2D eigenvalue weighted by atomic mass is 10.1. The summed E-state index contributed by atoms with van der Waals surface area (Å²) < 4.78 is 0. The summed E-state index contributed by atoms with van der Waals surface area (Å²) in [6.45, 7) is 1.97. The smallest absolute Gasteiger partial charge is 0.272 e. The van der Waals surface area contributed by atoms with Crippen LogP contribution in [0.3, 0.4) is 0 Å². The van der Waals surface area contributed by atoms with Gasteiger partial charge in [0.15, 0.2) is 5.13 Å². The Balaban J connectivity index is 1.25. The highest BCUT2D eigenvalue weighted by Crippen LogP contribution is 2.31. The molecule has 0 fully saturated rings. The first-order valence-corrected chi connectivity index (χ1v) is 16.2. The first-order valence-electron chi connectivity index (χ1n) is 13.7. The molecule has 226 valence electrons. The third kappa shape index (κ3) is 8.83. The number of halogens is 2. The number of thioether (sulfide) groups is 1. The molecule has 0 aliphatic rings. The van der Waals surface area contributed by atoms with Crippen LogP contribution in [0.2, 0.25) is 10.0 Å². The van der Waals surface area contributed by atoms with Gasteiger partial charge in [-0.2, -0.15) is 0 Å². The van der Waals surface area contributed by atoms with Crippen LogP contribution in [-0.2, 0) is 9.59 Å². The molecule has 7 nitrogen and oxygen atoms in total. The maximum absolute atomic E-state index is 13.4. The number of nitrogens with one attached hydrogen (secondary N) is 3. The van der Waals surface area contributed by atoms with Crippen molar-refractivity contribution in [2.75, 3.05) is 16.4 Å². The van der Waals surface area contributed by atoms with Gasteiger partial charge in [0, 0.05) is 36.6 Å². The summed E-state index contributed by atoms with van der Waals surface area (Å²) in [4.78, 5) is 45.5. The van der Waals surface area contributed by atoms with E-state index in [-0.39, 0.29) is 17.4 Å². The maximum atomic E-state index is 13.4. The number of anilines is 2. The highest BCUT2D eigenvalue weighted by atomic mass is 35.5. The molecule has 0 unspecified atom stereocenters. The van der Waals surface area contributed by atoms with Crippen molar-refractivity contribution in [3.05, 3.63) is 135 Å². The van der Waals surface area contributed by atoms with Crippen LogP contribution in [0.1, 0.15) is 20.8 Å². The van der Waals surface area contributed by atoms with Gasteiger partial charge in [0.05, 0.1) is 11.4 Å². The van der Waals surface area contributed by atoms with Crippen molar-refractivity contribution in [3.8, 4) is 11.3 Å². The number of carbonyl (C=O) groups excluding carboxylic acids is 3. The van der Waals surface area contributed by atoms with Gasteiger partial charge in [0.25, 0.3) is 11.8 Å². The predicted octanol–water partition coefficient (Wildman–Crippen LogP) is 8.57. The normalized spacial score (nSPS) is 11.1. The summed E-state index contributed by atoms with van der Waals surface area (Å²) in [5.41, 5.74) is 3.20. The van der Waals surface area contributed by atoms with Gasteiger partial charge in [-0.1, -0.05) is 83.9 Å². The number of hydrogen-bond donors (Lipinski definition) is 3. The number of rotatable bonds is 10. The maximum Gasteiger partial charge on any atom is 0.272 e. The Kier molecular flexibility index (Phi) is 10.7. The van der Waals surface area contributed by atoms with Gasteiger partial charge in [0.1, 0.15) is 5.70 Å². The van der Waals surface area contributed by atoms with E-state index in [1.807, 2.05) is 43.3 Å². The van der Waals surface area contributed by atoms with Crippen molar-refractivity contribution in [2.45, 2.75) is 11.8 Å². The van der Waals surface area contributed by atoms with Crippen LogP contribution < -0.4 is 16.0 Å². The molecule has 0 saturated carbocycles. The van der Waals surface area contributed by atoms with Gasteiger partial charge in [0.2, 0.25) is 5.91 Å². The van der Waals surface area contributed by atoms with E-state index in [2.05, 4.69) is 20.9 Å². The fraction of sp³-hybridized carbons (Fsp3) is 0.0588. The summed E-state index contributed by atoms with van der Waals surface area (Å²) >= 11 is 15.1. The molecule has 5 aromatic rings. The lowest BCUT2D eigenvalue weighted by molar-refractivity contribution is -0.114. The van der Waals surface area contributed by atoms with Gasteiger partial charge in [-0.15, -0.1) is 23.1 Å². The number of benzene rings is 4. The minimum Gasteiger partial charge on any atom is -0.321 e. The lowest BCUT2D eigenvalue weighted by Crippen LogP contribution is -2.30. The average Bonchev–Trinajstić information content (AvgIpc) is 3.41. The van der Waals surface area contributed by atoms with Gasteiger partial charge < -0.3 is 16.0 Å². The average molecular weight is 674 g/mol. The first kappa shape index (κ1) is 32.0. The summed E-state index contributed by atoms with van der Waals surface area (Å²) in [5, 5.41) is 9.70. The molecule has 1 aromatic heterocycles. The van der Waals surface area contributed by atoms with E-state index in [4.69, 9.17) is 23.2 Å². The van der Waals surface area contributed by atoms with E-state index in [0.717, 1.165) is 21.0 Å². The highest BCUT2D eigenvalue weighted by molar-refractivity contribution is 8.00. The van der Waals surface area contributed by atoms with Crippen LogP contribution in [-0.4, -0.2) is 28.5 Å². The molecule has 11 heteroatoms. The zero-order valence-electron chi connectivity index (χ0n) is 23.8. The van der Waals surface area contributed by atoms with Gasteiger partial charge in [-0.05, 0) is 61.0 Å². The molecular weight excluding hydrogens is 647 g/mol. The number of thiazole rings is 1. The molecule has 5 rings (SSSR count). The fourth-order valence-electron chi connectivity index (χ4n) is 4.20. The van der Waals surface area contributed by atoms with Crippen LogP contribution in [0.5, 0.6) is 0 Å². The van der Waals surface area contributed by atoms with Crippen LogP contribution in [0.15, 0.2) is 114 Å². The van der Waals surface area contributed by atoms with E-state index in [1.54, 1.807) is 66.7 Å². The van der Waals surface area contributed by atoms with Crippen molar-refractivity contribution in [1.82, 2.24) is 10.3 Å². The first-order chi connectivity index (χ1) is 21.7. The predicted molar refractivity (Wildman–Crippen MR) is 185 cm³/mol. The van der Waals surface area contributed by atoms with Gasteiger partial charge in [-0.3, -0.25) is 14.4 Å². The monoisotopic (exact) mass is 672 g/mol. The molecule has 0 spiro atoms. The summed E-state index contributed by atoms with van der Waals surface area (Å²) in [6, 6.07) is 30.3. The number of aryl methyl sites for hydroxylation is 1. The molecule has 4 aromatic carbocycles. The molecule has 0 saturated heterocycles. The van der Waals surface area contributed by atoms with Crippen molar-refractivity contribution in [2.24, 2.45) is 0 Å². The molecule has 0 aliphatic heterocycles. The molecule has 3 N–H and O–H groups in total. The lowest BCUT2D eigenvalue weighted by Gasteiger charge is -2.12. The number of aromatic nitrogens is 1. The standard InChI is InChI=1S/C34H26Cl2N4O3S2/c1-21-31(22-9-4-2-5-10-22)40-34(45-21)39-30(41)20-44-27-14-8-13-26(19-27)37-33(43)29(17-24-15-16-25(35)18-28(24)36)38-32(42)23-11-6-3-7-12-23/h2-19H,20H2,1H3,(H,37,43)(H,38,42)(H,39,40,41)/b29-17+. The summed E-state index contributed by atoms with van der Waals surface area (Å²) in [7, 11) is 0. The Morgan fingerprint density at radius 1 is 0.867 bits per heavy atom. The number of amides is 3. The van der Waals surface area contributed by atoms with Crippen LogP contribution >= 0.6 is 46.3 Å². The zero-order valence-corrected chi connectivity index (χ0v) is 27.0. The second kappa shape index (κ2) is 15.0. The second-order valence-corrected chi connectivity index (χ2v) is 12.7. The Hall–Kier alpha value is -4.41. The second-order valence-electron chi connectivity index (χ2n) is 9.65. The Morgan fingerprint density at radius 3 is 2.33 bits per heavy atom. The van der Waals surface area contributed by atoms with E-state index in [9.17, 15) is 14.4 Å².